The van der Waals surface area contributed by atoms with Crippen LogP contribution in [0.1, 0.15) is 11.6 Å². The highest BCUT2D eigenvalue weighted by Crippen LogP contribution is 2.32. The Balaban J connectivity index is 2.34. The minimum Gasteiger partial charge on any atom is -0.508 e. The minimum atomic E-state index is -0.150. The molecule has 0 spiro atoms. The molecule has 2 aromatic carbocycles. The summed E-state index contributed by atoms with van der Waals surface area (Å²) in [6.45, 7) is 0.365. The molecule has 4 nitrogen and oxygen atoms in total. The van der Waals surface area contributed by atoms with Crippen molar-refractivity contribution in [3.05, 3.63) is 54.1 Å². The fraction of sp³-hybridized carbons (Fsp3) is 0.200. The molecule has 0 aliphatic rings. The van der Waals surface area contributed by atoms with Crippen LogP contribution in [-0.4, -0.2) is 23.8 Å². The Kier molecular flexibility index (Phi) is 3.92. The van der Waals surface area contributed by atoms with Crippen LogP contribution in [0.5, 0.6) is 11.5 Å². The van der Waals surface area contributed by atoms with E-state index in [0.29, 0.717) is 12.1 Å². The van der Waals surface area contributed by atoms with Crippen molar-refractivity contribution < 1.29 is 10.2 Å². The van der Waals surface area contributed by atoms with E-state index < -0.39 is 0 Å². The molecule has 1 unspecified atom stereocenters. The van der Waals surface area contributed by atoms with Gasteiger partial charge in [0, 0.05) is 30.9 Å². The minimum absolute atomic E-state index is 0.0411. The third kappa shape index (κ3) is 2.80. The standard InChI is InChI=1S/C15H18N2O2/c1-17(11-5-3-2-4-6-11)14(10-16)13-8-7-12(18)9-15(13)19/h2-9,14,18-19H,10,16H2,1H3. The highest BCUT2D eigenvalue weighted by Gasteiger charge is 2.19. The Morgan fingerprint density at radius 1 is 1.11 bits per heavy atom. The number of likely N-dealkylation sites (N-methyl/N-ethyl adjacent to an activating group) is 1. The Morgan fingerprint density at radius 3 is 2.37 bits per heavy atom. The number of aromatic hydroxyl groups is 2. The van der Waals surface area contributed by atoms with E-state index in [9.17, 15) is 10.2 Å². The first-order valence-corrected chi connectivity index (χ1v) is 6.13. The summed E-state index contributed by atoms with van der Waals surface area (Å²) in [4.78, 5) is 2.01. The molecule has 0 radical (unpaired) electrons. The summed E-state index contributed by atoms with van der Waals surface area (Å²) in [5.74, 6) is 0.0950. The maximum atomic E-state index is 9.95. The van der Waals surface area contributed by atoms with Crippen molar-refractivity contribution in [1.29, 1.82) is 0 Å². The molecule has 4 heteroatoms. The number of rotatable bonds is 4. The van der Waals surface area contributed by atoms with E-state index in [0.717, 1.165) is 5.69 Å². The number of phenolic OH excluding ortho intramolecular Hbond substituents is 2. The summed E-state index contributed by atoms with van der Waals surface area (Å²) in [6, 6.07) is 14.3. The van der Waals surface area contributed by atoms with Crippen LogP contribution in [0, 0.1) is 0 Å². The highest BCUT2D eigenvalue weighted by molar-refractivity contribution is 5.51. The average Bonchev–Trinajstić information content (AvgIpc) is 2.42. The van der Waals surface area contributed by atoms with Crippen LogP contribution in [0.4, 0.5) is 5.69 Å². The van der Waals surface area contributed by atoms with Crippen LogP contribution < -0.4 is 10.6 Å². The van der Waals surface area contributed by atoms with E-state index in [-0.39, 0.29) is 17.5 Å². The molecule has 19 heavy (non-hydrogen) atoms. The second-order valence-electron chi connectivity index (χ2n) is 4.44. The molecular formula is C15H18N2O2. The van der Waals surface area contributed by atoms with Gasteiger partial charge in [0.2, 0.25) is 0 Å². The molecule has 0 saturated heterocycles. The van der Waals surface area contributed by atoms with Crippen molar-refractivity contribution in [2.24, 2.45) is 5.73 Å². The Hall–Kier alpha value is -2.20. The van der Waals surface area contributed by atoms with Crippen molar-refractivity contribution in [2.45, 2.75) is 6.04 Å². The lowest BCUT2D eigenvalue weighted by Gasteiger charge is -2.30. The Morgan fingerprint density at radius 2 is 1.79 bits per heavy atom. The topological polar surface area (TPSA) is 69.7 Å². The summed E-state index contributed by atoms with van der Waals surface area (Å²) in [6.07, 6.45) is 0. The van der Waals surface area contributed by atoms with Gasteiger partial charge in [-0.25, -0.2) is 0 Å². The third-order valence-electron chi connectivity index (χ3n) is 3.23. The van der Waals surface area contributed by atoms with Crippen molar-refractivity contribution in [1.82, 2.24) is 0 Å². The van der Waals surface area contributed by atoms with Gasteiger partial charge in [-0.15, -0.1) is 0 Å². The fourth-order valence-corrected chi connectivity index (χ4v) is 2.15. The van der Waals surface area contributed by atoms with E-state index in [4.69, 9.17) is 5.73 Å². The van der Waals surface area contributed by atoms with Gasteiger partial charge >= 0.3 is 0 Å². The molecule has 0 bridgehead atoms. The van der Waals surface area contributed by atoms with Gasteiger partial charge in [-0.05, 0) is 24.3 Å². The van der Waals surface area contributed by atoms with E-state index in [1.165, 1.54) is 6.07 Å². The quantitative estimate of drug-likeness (QED) is 0.786. The molecule has 100 valence electrons. The van der Waals surface area contributed by atoms with E-state index >= 15 is 0 Å². The van der Waals surface area contributed by atoms with Crippen LogP contribution >= 0.6 is 0 Å². The summed E-state index contributed by atoms with van der Waals surface area (Å²) < 4.78 is 0. The molecule has 0 fully saturated rings. The lowest BCUT2D eigenvalue weighted by Crippen LogP contribution is -2.30. The summed E-state index contributed by atoms with van der Waals surface area (Å²) in [7, 11) is 1.93. The number of nitrogens with two attached hydrogens (primary N) is 1. The largest absolute Gasteiger partial charge is 0.508 e. The normalized spacial score (nSPS) is 12.1. The molecule has 1 atom stereocenters. The SMILES string of the molecule is CN(c1ccccc1)C(CN)c1ccc(O)cc1O. The van der Waals surface area contributed by atoms with Crippen molar-refractivity contribution in [3.8, 4) is 11.5 Å². The number of benzene rings is 2. The second kappa shape index (κ2) is 5.63. The summed E-state index contributed by atoms with van der Waals surface area (Å²) in [5.41, 5.74) is 7.55. The van der Waals surface area contributed by atoms with Gasteiger partial charge in [0.05, 0.1) is 6.04 Å². The number of hydrogen-bond acceptors (Lipinski definition) is 4. The summed E-state index contributed by atoms with van der Waals surface area (Å²) in [5, 5.41) is 19.3. The predicted molar refractivity (Wildman–Crippen MR) is 76.4 cm³/mol. The van der Waals surface area contributed by atoms with Gasteiger partial charge in [-0.2, -0.15) is 0 Å². The molecular weight excluding hydrogens is 240 g/mol. The predicted octanol–water partition coefficient (Wildman–Crippen LogP) is 2.23. The van der Waals surface area contributed by atoms with Crippen molar-refractivity contribution in [3.63, 3.8) is 0 Å². The fourth-order valence-electron chi connectivity index (χ4n) is 2.15. The molecule has 4 N–H and O–H groups in total. The molecule has 0 saturated carbocycles. The van der Waals surface area contributed by atoms with Gasteiger partial charge in [0.1, 0.15) is 11.5 Å². The zero-order chi connectivity index (χ0) is 13.8. The smallest absolute Gasteiger partial charge is 0.124 e. The van der Waals surface area contributed by atoms with Crippen LogP contribution in [0.2, 0.25) is 0 Å². The van der Waals surface area contributed by atoms with Gasteiger partial charge in [-0.3, -0.25) is 0 Å². The zero-order valence-corrected chi connectivity index (χ0v) is 10.8. The number of nitrogens with zero attached hydrogens (tertiary/aromatic N) is 1. The van der Waals surface area contributed by atoms with Crippen LogP contribution in [0.15, 0.2) is 48.5 Å². The lowest BCUT2D eigenvalue weighted by atomic mass is 10.0. The molecule has 2 aromatic rings. The average molecular weight is 258 g/mol. The first-order chi connectivity index (χ1) is 9.13. The maximum absolute atomic E-state index is 9.95. The lowest BCUT2D eigenvalue weighted by molar-refractivity contribution is 0.441. The number of anilines is 1. The highest BCUT2D eigenvalue weighted by atomic mass is 16.3. The van der Waals surface area contributed by atoms with Crippen molar-refractivity contribution in [2.75, 3.05) is 18.5 Å². The molecule has 0 aliphatic carbocycles. The molecule has 0 aliphatic heterocycles. The van der Waals surface area contributed by atoms with Crippen LogP contribution in [0.25, 0.3) is 0 Å². The van der Waals surface area contributed by atoms with Crippen molar-refractivity contribution >= 4 is 5.69 Å². The second-order valence-corrected chi connectivity index (χ2v) is 4.44. The molecule has 2 rings (SSSR count). The Labute approximate surface area is 112 Å². The summed E-state index contributed by atoms with van der Waals surface area (Å²) >= 11 is 0. The first kappa shape index (κ1) is 13.2. The monoisotopic (exact) mass is 258 g/mol. The van der Waals surface area contributed by atoms with E-state index in [1.807, 2.05) is 42.3 Å². The number of hydrogen-bond donors (Lipinski definition) is 3. The zero-order valence-electron chi connectivity index (χ0n) is 10.8. The van der Waals surface area contributed by atoms with Crippen LogP contribution in [0.3, 0.4) is 0 Å². The van der Waals surface area contributed by atoms with Gasteiger partial charge in [-0.1, -0.05) is 18.2 Å². The molecule has 0 aromatic heterocycles. The molecule has 0 amide bonds. The molecule has 0 heterocycles. The van der Waals surface area contributed by atoms with E-state index in [1.54, 1.807) is 12.1 Å². The van der Waals surface area contributed by atoms with E-state index in [2.05, 4.69) is 0 Å². The number of para-hydroxylation sites is 1. The maximum Gasteiger partial charge on any atom is 0.124 e. The Bertz CT molecular complexity index is 543. The van der Waals surface area contributed by atoms with Gasteiger partial charge in [0.25, 0.3) is 0 Å². The van der Waals surface area contributed by atoms with Gasteiger partial charge < -0.3 is 20.8 Å². The third-order valence-corrected chi connectivity index (χ3v) is 3.23. The van der Waals surface area contributed by atoms with Crippen LogP contribution in [-0.2, 0) is 0 Å². The first-order valence-electron chi connectivity index (χ1n) is 6.13. The number of phenols is 2. The van der Waals surface area contributed by atoms with Gasteiger partial charge in [0.15, 0.2) is 0 Å².